The van der Waals surface area contributed by atoms with E-state index in [1.807, 2.05) is 0 Å². The lowest BCUT2D eigenvalue weighted by Gasteiger charge is -2.30. The molecule has 0 atom stereocenters. The Balaban J connectivity index is 2.23. The fraction of sp³-hybridized carbons (Fsp3) is 0.467. The Labute approximate surface area is 107 Å². The van der Waals surface area contributed by atoms with Gasteiger partial charge in [0.2, 0.25) is 0 Å². The van der Waals surface area contributed by atoms with Crippen molar-refractivity contribution in [3.05, 3.63) is 47.5 Å². The molecule has 0 spiro atoms. The second-order valence-corrected chi connectivity index (χ2v) is 4.99. The molecular formula is C15H19F2N. The van der Waals surface area contributed by atoms with Crippen LogP contribution in [0, 0.1) is 11.6 Å². The summed E-state index contributed by atoms with van der Waals surface area (Å²) in [5.74, 6) is -0.987. The van der Waals surface area contributed by atoms with Crippen LogP contribution in [0.1, 0.15) is 31.7 Å². The van der Waals surface area contributed by atoms with Crippen molar-refractivity contribution in [1.82, 2.24) is 5.32 Å². The lowest BCUT2D eigenvalue weighted by atomic mass is 9.78. The van der Waals surface area contributed by atoms with E-state index in [4.69, 9.17) is 0 Å². The quantitative estimate of drug-likeness (QED) is 0.623. The molecule has 98 valence electrons. The summed E-state index contributed by atoms with van der Waals surface area (Å²) in [6.07, 6.45) is 6.92. The maximum atomic E-state index is 13.4. The first-order valence-electron chi connectivity index (χ1n) is 6.48. The van der Waals surface area contributed by atoms with E-state index in [-0.39, 0.29) is 5.41 Å². The smallest absolute Gasteiger partial charge is 0.126 e. The van der Waals surface area contributed by atoms with Gasteiger partial charge in [0.15, 0.2) is 0 Å². The normalized spacial score (nSPS) is 17.3. The van der Waals surface area contributed by atoms with Crippen molar-refractivity contribution in [3.8, 4) is 0 Å². The third-order valence-electron chi connectivity index (χ3n) is 3.55. The molecule has 0 amide bonds. The molecule has 18 heavy (non-hydrogen) atoms. The van der Waals surface area contributed by atoms with Crippen LogP contribution in [-0.2, 0) is 5.41 Å². The first kappa shape index (κ1) is 13.2. The van der Waals surface area contributed by atoms with E-state index in [0.717, 1.165) is 44.0 Å². The Morgan fingerprint density at radius 2 is 1.72 bits per heavy atom. The van der Waals surface area contributed by atoms with Gasteiger partial charge < -0.3 is 5.32 Å². The standard InChI is InChI=1S/C15H19F2N/c1-2-7-18-11-15(5-3-4-6-15)12-8-13(16)10-14(17)9-12/h3-4,8-10,18H,2,5-7,11H2,1H3. The van der Waals surface area contributed by atoms with Crippen molar-refractivity contribution >= 4 is 0 Å². The SMILES string of the molecule is CCCNCC1(c2cc(F)cc(F)c2)CC=CC1. The van der Waals surface area contributed by atoms with Crippen LogP contribution < -0.4 is 5.32 Å². The van der Waals surface area contributed by atoms with Crippen LogP contribution in [0.2, 0.25) is 0 Å². The van der Waals surface area contributed by atoms with Crippen molar-refractivity contribution in [3.63, 3.8) is 0 Å². The minimum absolute atomic E-state index is 0.182. The van der Waals surface area contributed by atoms with Crippen LogP contribution in [0.15, 0.2) is 30.4 Å². The molecule has 2 rings (SSSR count). The molecular weight excluding hydrogens is 232 g/mol. The fourth-order valence-corrected chi connectivity index (χ4v) is 2.55. The average molecular weight is 251 g/mol. The van der Waals surface area contributed by atoms with Crippen LogP contribution in [0.4, 0.5) is 8.78 Å². The molecule has 1 aromatic rings. The summed E-state index contributed by atoms with van der Waals surface area (Å²) in [5, 5.41) is 3.37. The average Bonchev–Trinajstić information content (AvgIpc) is 2.78. The Morgan fingerprint density at radius 3 is 2.28 bits per heavy atom. The second kappa shape index (κ2) is 5.61. The second-order valence-electron chi connectivity index (χ2n) is 4.99. The Kier molecular flexibility index (Phi) is 4.12. The number of allylic oxidation sites excluding steroid dienone is 2. The van der Waals surface area contributed by atoms with Crippen molar-refractivity contribution in [2.45, 2.75) is 31.6 Å². The topological polar surface area (TPSA) is 12.0 Å². The molecule has 0 aliphatic heterocycles. The summed E-state index contributed by atoms with van der Waals surface area (Å²) >= 11 is 0. The summed E-state index contributed by atoms with van der Waals surface area (Å²) in [5.41, 5.74) is 0.576. The molecule has 0 saturated carbocycles. The molecule has 0 fully saturated rings. The summed E-state index contributed by atoms with van der Waals surface area (Å²) in [6.45, 7) is 3.80. The first-order chi connectivity index (χ1) is 8.66. The van der Waals surface area contributed by atoms with Gasteiger partial charge in [0, 0.05) is 18.0 Å². The van der Waals surface area contributed by atoms with Crippen LogP contribution in [0.3, 0.4) is 0 Å². The van der Waals surface area contributed by atoms with E-state index < -0.39 is 11.6 Å². The van der Waals surface area contributed by atoms with Gasteiger partial charge in [0.05, 0.1) is 0 Å². The number of hydrogen-bond acceptors (Lipinski definition) is 1. The van der Waals surface area contributed by atoms with Crippen LogP contribution in [0.5, 0.6) is 0 Å². The number of hydrogen-bond donors (Lipinski definition) is 1. The highest BCUT2D eigenvalue weighted by Gasteiger charge is 2.33. The lowest BCUT2D eigenvalue weighted by molar-refractivity contribution is 0.413. The van der Waals surface area contributed by atoms with Crippen LogP contribution in [0.25, 0.3) is 0 Å². The van der Waals surface area contributed by atoms with Gasteiger partial charge in [-0.05, 0) is 43.5 Å². The van der Waals surface area contributed by atoms with Crippen LogP contribution in [-0.4, -0.2) is 13.1 Å². The molecule has 1 aromatic carbocycles. The third-order valence-corrected chi connectivity index (χ3v) is 3.55. The fourth-order valence-electron chi connectivity index (χ4n) is 2.55. The number of rotatable bonds is 5. The zero-order valence-corrected chi connectivity index (χ0v) is 10.7. The van der Waals surface area contributed by atoms with E-state index in [9.17, 15) is 8.78 Å². The van der Waals surface area contributed by atoms with E-state index in [1.165, 1.54) is 12.1 Å². The summed E-state index contributed by atoms with van der Waals surface area (Å²) in [7, 11) is 0. The molecule has 1 aliphatic carbocycles. The van der Waals surface area contributed by atoms with Crippen molar-refractivity contribution in [2.75, 3.05) is 13.1 Å². The molecule has 0 saturated heterocycles. The Morgan fingerprint density at radius 1 is 1.11 bits per heavy atom. The first-order valence-corrected chi connectivity index (χ1v) is 6.48. The molecule has 0 unspecified atom stereocenters. The van der Waals surface area contributed by atoms with Gasteiger partial charge in [-0.2, -0.15) is 0 Å². The minimum atomic E-state index is -0.494. The molecule has 0 aromatic heterocycles. The summed E-state index contributed by atoms with van der Waals surface area (Å²) in [6, 6.07) is 3.85. The van der Waals surface area contributed by atoms with Crippen molar-refractivity contribution in [2.24, 2.45) is 0 Å². The maximum Gasteiger partial charge on any atom is 0.126 e. The van der Waals surface area contributed by atoms with E-state index >= 15 is 0 Å². The van der Waals surface area contributed by atoms with Gasteiger partial charge in [0.25, 0.3) is 0 Å². The van der Waals surface area contributed by atoms with Gasteiger partial charge in [-0.25, -0.2) is 8.78 Å². The summed E-state index contributed by atoms with van der Waals surface area (Å²) in [4.78, 5) is 0. The zero-order chi connectivity index (χ0) is 13.0. The maximum absolute atomic E-state index is 13.4. The highest BCUT2D eigenvalue weighted by Crippen LogP contribution is 2.37. The number of nitrogens with one attached hydrogen (secondary N) is 1. The molecule has 3 heteroatoms. The van der Waals surface area contributed by atoms with Gasteiger partial charge in [-0.1, -0.05) is 19.1 Å². The number of halogens is 2. The highest BCUT2D eigenvalue weighted by atomic mass is 19.1. The molecule has 1 aliphatic rings. The predicted octanol–water partition coefficient (Wildman–Crippen LogP) is 3.55. The van der Waals surface area contributed by atoms with E-state index in [0.29, 0.717) is 0 Å². The molecule has 0 bridgehead atoms. The summed E-state index contributed by atoms with van der Waals surface area (Å²) < 4.78 is 26.7. The van der Waals surface area contributed by atoms with E-state index in [2.05, 4.69) is 24.4 Å². The predicted molar refractivity (Wildman–Crippen MR) is 69.6 cm³/mol. The number of benzene rings is 1. The molecule has 1 N–H and O–H groups in total. The largest absolute Gasteiger partial charge is 0.316 e. The van der Waals surface area contributed by atoms with Crippen LogP contribution >= 0.6 is 0 Å². The minimum Gasteiger partial charge on any atom is -0.316 e. The van der Waals surface area contributed by atoms with Crippen molar-refractivity contribution < 1.29 is 8.78 Å². The molecule has 0 heterocycles. The lowest BCUT2D eigenvalue weighted by Crippen LogP contribution is -2.36. The van der Waals surface area contributed by atoms with Crippen molar-refractivity contribution in [1.29, 1.82) is 0 Å². The Bertz CT molecular complexity index is 412. The van der Waals surface area contributed by atoms with Gasteiger partial charge in [-0.3, -0.25) is 0 Å². The zero-order valence-electron chi connectivity index (χ0n) is 10.7. The van der Waals surface area contributed by atoms with Gasteiger partial charge >= 0.3 is 0 Å². The van der Waals surface area contributed by atoms with Gasteiger partial charge in [-0.15, -0.1) is 0 Å². The highest BCUT2D eigenvalue weighted by molar-refractivity contribution is 5.32. The monoisotopic (exact) mass is 251 g/mol. The van der Waals surface area contributed by atoms with E-state index in [1.54, 1.807) is 0 Å². The third kappa shape index (κ3) is 2.78. The Hall–Kier alpha value is -1.22. The molecule has 0 radical (unpaired) electrons. The molecule has 1 nitrogen and oxygen atoms in total. The van der Waals surface area contributed by atoms with Gasteiger partial charge in [0.1, 0.15) is 11.6 Å².